The molecular formula is C12H20N4O3. The van der Waals surface area contributed by atoms with E-state index < -0.39 is 6.10 Å². The van der Waals surface area contributed by atoms with E-state index in [0.29, 0.717) is 18.1 Å². The molecule has 0 amide bonds. The smallest absolute Gasteiger partial charge is 0.334 e. The van der Waals surface area contributed by atoms with E-state index in [-0.39, 0.29) is 16.5 Å². The van der Waals surface area contributed by atoms with Crippen LogP contribution < -0.4 is 4.90 Å². The quantitative estimate of drug-likeness (QED) is 0.662. The number of nitrogens with zero attached hydrogens (tertiary/aromatic N) is 4. The minimum Gasteiger partial charge on any atom is -0.391 e. The van der Waals surface area contributed by atoms with Crippen LogP contribution in [0, 0.1) is 10.1 Å². The van der Waals surface area contributed by atoms with Gasteiger partial charge in [-0.25, -0.2) is 4.68 Å². The van der Waals surface area contributed by atoms with Gasteiger partial charge in [-0.2, -0.15) is 5.10 Å². The highest BCUT2D eigenvalue weighted by Gasteiger charge is 2.33. The topological polar surface area (TPSA) is 84.4 Å². The molecule has 0 aromatic carbocycles. The number of anilines is 1. The van der Waals surface area contributed by atoms with Crippen LogP contribution in [0.1, 0.15) is 38.3 Å². The maximum atomic E-state index is 11.3. The van der Waals surface area contributed by atoms with Gasteiger partial charge >= 0.3 is 5.69 Å². The molecule has 1 aromatic heterocycles. The Kier molecular flexibility index (Phi) is 3.75. The number of rotatable bonds is 3. The molecule has 0 spiro atoms. The lowest BCUT2D eigenvalue weighted by molar-refractivity contribution is -0.385. The minimum absolute atomic E-state index is 0.00457. The first-order valence-electron chi connectivity index (χ1n) is 6.56. The minimum atomic E-state index is -0.425. The molecule has 19 heavy (non-hydrogen) atoms. The molecule has 0 aliphatic carbocycles. The Labute approximate surface area is 112 Å². The van der Waals surface area contributed by atoms with Crippen molar-refractivity contribution in [1.82, 2.24) is 9.78 Å². The highest BCUT2D eigenvalue weighted by Crippen LogP contribution is 2.36. The standard InChI is InChI=1S/C12H20N4O3/c1-8(2)10-11(16(18)19)12(14(3)13-10)15-6-4-5-9(17)7-15/h8-9,17H,4-7H2,1-3H3/t9-/m0/s1. The summed E-state index contributed by atoms with van der Waals surface area (Å²) in [5.41, 5.74) is 0.578. The lowest BCUT2D eigenvalue weighted by Crippen LogP contribution is -2.39. The van der Waals surface area contributed by atoms with Crippen molar-refractivity contribution in [1.29, 1.82) is 0 Å². The molecule has 0 radical (unpaired) electrons. The molecule has 7 nitrogen and oxygen atoms in total. The summed E-state index contributed by atoms with van der Waals surface area (Å²) in [7, 11) is 1.72. The summed E-state index contributed by atoms with van der Waals surface area (Å²) in [6, 6.07) is 0. The molecule has 106 valence electrons. The van der Waals surface area contributed by atoms with Crippen LogP contribution in [0.25, 0.3) is 0 Å². The summed E-state index contributed by atoms with van der Waals surface area (Å²) in [5.74, 6) is 0.502. The molecule has 1 fully saturated rings. The Balaban J connectivity index is 2.46. The molecule has 0 bridgehead atoms. The second-order valence-electron chi connectivity index (χ2n) is 5.33. The Morgan fingerprint density at radius 1 is 1.53 bits per heavy atom. The van der Waals surface area contributed by atoms with Crippen LogP contribution in [-0.2, 0) is 7.05 Å². The summed E-state index contributed by atoms with van der Waals surface area (Å²) in [5, 5.41) is 25.4. The second kappa shape index (κ2) is 5.16. The highest BCUT2D eigenvalue weighted by atomic mass is 16.6. The normalized spacial score (nSPS) is 20.1. The number of aliphatic hydroxyl groups is 1. The molecule has 1 N–H and O–H groups in total. The molecular weight excluding hydrogens is 248 g/mol. The van der Waals surface area contributed by atoms with E-state index in [2.05, 4.69) is 5.10 Å². The number of β-amino-alcohol motifs (C(OH)–C–C–N with tert-alkyl or cyclic N) is 1. The van der Waals surface area contributed by atoms with Gasteiger partial charge in [-0.05, 0) is 12.8 Å². The first-order chi connectivity index (χ1) is 8.91. The SMILES string of the molecule is CC(C)c1nn(C)c(N2CCC[C@H](O)C2)c1[N+](=O)[O-]. The van der Waals surface area contributed by atoms with Crippen molar-refractivity contribution in [2.45, 2.75) is 38.7 Å². The number of nitro groups is 1. The second-order valence-corrected chi connectivity index (χ2v) is 5.33. The zero-order valence-corrected chi connectivity index (χ0v) is 11.5. The fraction of sp³-hybridized carbons (Fsp3) is 0.750. The van der Waals surface area contributed by atoms with Crippen LogP contribution in [-0.4, -0.2) is 39.0 Å². The van der Waals surface area contributed by atoms with Crippen LogP contribution in [0.15, 0.2) is 0 Å². The lowest BCUT2D eigenvalue weighted by Gasteiger charge is -2.30. The van der Waals surface area contributed by atoms with E-state index in [4.69, 9.17) is 0 Å². The summed E-state index contributed by atoms with van der Waals surface area (Å²) < 4.78 is 1.56. The molecule has 7 heteroatoms. The number of hydrogen-bond acceptors (Lipinski definition) is 5. The number of aryl methyl sites for hydroxylation is 1. The summed E-state index contributed by atoms with van der Waals surface area (Å²) >= 11 is 0. The van der Waals surface area contributed by atoms with Gasteiger partial charge in [-0.15, -0.1) is 0 Å². The molecule has 0 saturated carbocycles. The third-order valence-corrected chi connectivity index (χ3v) is 3.44. The lowest BCUT2D eigenvalue weighted by atomic mass is 10.1. The molecule has 1 aliphatic rings. The van der Waals surface area contributed by atoms with Crippen molar-refractivity contribution in [3.63, 3.8) is 0 Å². The van der Waals surface area contributed by atoms with Gasteiger partial charge in [0.25, 0.3) is 0 Å². The number of aromatic nitrogens is 2. The maximum absolute atomic E-state index is 11.3. The first kappa shape index (κ1) is 13.8. The van der Waals surface area contributed by atoms with Gasteiger partial charge in [0.2, 0.25) is 5.82 Å². The van der Waals surface area contributed by atoms with E-state index >= 15 is 0 Å². The van der Waals surface area contributed by atoms with Gasteiger partial charge < -0.3 is 10.0 Å². The summed E-state index contributed by atoms with van der Waals surface area (Å²) in [6.45, 7) is 4.93. The molecule has 1 aliphatic heterocycles. The van der Waals surface area contributed by atoms with E-state index in [0.717, 1.165) is 19.4 Å². The van der Waals surface area contributed by atoms with Crippen LogP contribution in [0.5, 0.6) is 0 Å². The zero-order valence-electron chi connectivity index (χ0n) is 11.5. The summed E-state index contributed by atoms with van der Waals surface area (Å²) in [4.78, 5) is 12.9. The van der Waals surface area contributed by atoms with Crippen molar-refractivity contribution in [2.75, 3.05) is 18.0 Å². The van der Waals surface area contributed by atoms with E-state index in [9.17, 15) is 15.2 Å². The third-order valence-electron chi connectivity index (χ3n) is 3.44. The Morgan fingerprint density at radius 2 is 2.21 bits per heavy atom. The molecule has 0 unspecified atom stereocenters. The Hall–Kier alpha value is -1.63. The Morgan fingerprint density at radius 3 is 2.74 bits per heavy atom. The van der Waals surface area contributed by atoms with E-state index in [1.165, 1.54) is 0 Å². The molecule has 1 aromatic rings. The molecule has 2 rings (SSSR count). The molecule has 2 heterocycles. The van der Waals surface area contributed by atoms with Gasteiger partial charge in [-0.3, -0.25) is 10.1 Å². The van der Waals surface area contributed by atoms with Crippen molar-refractivity contribution in [3.8, 4) is 0 Å². The Bertz CT molecular complexity index is 484. The third kappa shape index (κ3) is 2.56. The van der Waals surface area contributed by atoms with Crippen LogP contribution in [0.3, 0.4) is 0 Å². The van der Waals surface area contributed by atoms with Crippen molar-refractivity contribution >= 4 is 11.5 Å². The largest absolute Gasteiger partial charge is 0.391 e. The number of aliphatic hydroxyl groups excluding tert-OH is 1. The average molecular weight is 268 g/mol. The number of hydrogen-bond donors (Lipinski definition) is 1. The van der Waals surface area contributed by atoms with Crippen LogP contribution in [0.4, 0.5) is 11.5 Å². The average Bonchev–Trinajstić information content (AvgIpc) is 2.67. The van der Waals surface area contributed by atoms with Gasteiger partial charge in [0.15, 0.2) is 0 Å². The molecule has 1 saturated heterocycles. The van der Waals surface area contributed by atoms with E-state index in [1.54, 1.807) is 11.7 Å². The molecule has 1 atom stereocenters. The van der Waals surface area contributed by atoms with Crippen LogP contribution in [0.2, 0.25) is 0 Å². The van der Waals surface area contributed by atoms with Gasteiger partial charge in [0.05, 0.1) is 11.0 Å². The van der Waals surface area contributed by atoms with Crippen molar-refractivity contribution in [3.05, 3.63) is 15.8 Å². The van der Waals surface area contributed by atoms with Gasteiger partial charge in [0, 0.05) is 26.1 Å². The maximum Gasteiger partial charge on any atom is 0.334 e. The first-order valence-corrected chi connectivity index (χ1v) is 6.56. The zero-order chi connectivity index (χ0) is 14.2. The number of piperidine rings is 1. The fourth-order valence-electron chi connectivity index (χ4n) is 2.59. The van der Waals surface area contributed by atoms with Gasteiger partial charge in [0.1, 0.15) is 5.69 Å². The summed E-state index contributed by atoms with van der Waals surface area (Å²) in [6.07, 6.45) is 1.16. The van der Waals surface area contributed by atoms with Crippen molar-refractivity contribution < 1.29 is 10.0 Å². The monoisotopic (exact) mass is 268 g/mol. The van der Waals surface area contributed by atoms with Crippen LogP contribution >= 0.6 is 0 Å². The van der Waals surface area contributed by atoms with Crippen molar-refractivity contribution in [2.24, 2.45) is 7.05 Å². The highest BCUT2D eigenvalue weighted by molar-refractivity contribution is 5.62. The van der Waals surface area contributed by atoms with E-state index in [1.807, 2.05) is 18.7 Å². The predicted octanol–water partition coefficient (Wildman–Crippen LogP) is 1.41. The predicted molar refractivity (Wildman–Crippen MR) is 71.4 cm³/mol. The fourth-order valence-corrected chi connectivity index (χ4v) is 2.59. The van der Waals surface area contributed by atoms with Gasteiger partial charge in [-0.1, -0.05) is 13.8 Å².